The predicted octanol–water partition coefficient (Wildman–Crippen LogP) is 3.43. The smallest absolute Gasteiger partial charge is 0.243 e. The predicted molar refractivity (Wildman–Crippen MR) is 126 cm³/mol. The van der Waals surface area contributed by atoms with Crippen molar-refractivity contribution in [1.29, 1.82) is 0 Å². The second kappa shape index (κ2) is 10.6. The molecule has 2 amide bonds. The van der Waals surface area contributed by atoms with E-state index in [0.29, 0.717) is 5.02 Å². The molecule has 0 spiro atoms. The van der Waals surface area contributed by atoms with E-state index in [0.717, 1.165) is 4.31 Å². The van der Waals surface area contributed by atoms with E-state index < -0.39 is 45.8 Å². The number of halogens is 2. The first-order valence-corrected chi connectivity index (χ1v) is 12.1. The number of hydrogen-bond donors (Lipinski definition) is 1. The van der Waals surface area contributed by atoms with Crippen LogP contribution in [-0.2, 0) is 26.2 Å². The van der Waals surface area contributed by atoms with E-state index in [2.05, 4.69) is 5.32 Å². The number of carbonyl (C=O) groups is 2. The molecule has 7 nitrogen and oxygen atoms in total. The zero-order valence-electron chi connectivity index (χ0n) is 19.3. The van der Waals surface area contributed by atoms with Gasteiger partial charge in [-0.1, -0.05) is 29.8 Å². The van der Waals surface area contributed by atoms with Crippen LogP contribution in [0, 0.1) is 5.82 Å². The van der Waals surface area contributed by atoms with Gasteiger partial charge in [-0.25, -0.2) is 12.8 Å². The van der Waals surface area contributed by atoms with E-state index in [-0.39, 0.29) is 17.0 Å². The first kappa shape index (κ1) is 26.8. The van der Waals surface area contributed by atoms with Crippen molar-refractivity contribution in [2.24, 2.45) is 0 Å². The molecule has 0 aliphatic rings. The Kier molecular flexibility index (Phi) is 8.62. The first-order valence-electron chi connectivity index (χ1n) is 10.3. The number of hydrogen-bond acceptors (Lipinski definition) is 4. The van der Waals surface area contributed by atoms with E-state index in [9.17, 15) is 22.4 Å². The summed E-state index contributed by atoms with van der Waals surface area (Å²) in [5, 5.41) is 3.18. The second-order valence-electron chi connectivity index (χ2n) is 8.74. The van der Waals surface area contributed by atoms with Gasteiger partial charge in [0.15, 0.2) is 0 Å². The maximum Gasteiger partial charge on any atom is 0.243 e. The largest absolute Gasteiger partial charge is 0.350 e. The van der Waals surface area contributed by atoms with Gasteiger partial charge in [0.2, 0.25) is 21.8 Å². The van der Waals surface area contributed by atoms with Gasteiger partial charge in [-0.3, -0.25) is 9.59 Å². The molecule has 10 heteroatoms. The highest BCUT2D eigenvalue weighted by Crippen LogP contribution is 2.19. The first-order chi connectivity index (χ1) is 15.2. The molecule has 0 bridgehead atoms. The SMILES string of the molecule is CC(C(=O)NC(C)(C)C)N(Cc1ccccc1F)C(=O)CN(C)S(=O)(=O)c1ccc(Cl)cc1. The summed E-state index contributed by atoms with van der Waals surface area (Å²) in [7, 11) is -2.72. The lowest BCUT2D eigenvalue weighted by molar-refractivity contribution is -0.141. The van der Waals surface area contributed by atoms with Gasteiger partial charge >= 0.3 is 0 Å². The highest BCUT2D eigenvalue weighted by molar-refractivity contribution is 7.89. The molecule has 0 aromatic heterocycles. The van der Waals surface area contributed by atoms with E-state index in [1.165, 1.54) is 61.3 Å². The minimum atomic E-state index is -3.99. The molecule has 1 atom stereocenters. The molecule has 2 aromatic rings. The van der Waals surface area contributed by atoms with Gasteiger partial charge in [0.1, 0.15) is 11.9 Å². The summed E-state index contributed by atoms with van der Waals surface area (Å²) < 4.78 is 40.9. The van der Waals surface area contributed by atoms with Crippen LogP contribution in [0.1, 0.15) is 33.3 Å². The van der Waals surface area contributed by atoms with Crippen molar-refractivity contribution in [2.45, 2.75) is 50.7 Å². The molecule has 0 aliphatic heterocycles. The number of nitrogens with one attached hydrogen (secondary N) is 1. The fraction of sp³-hybridized carbons (Fsp3) is 0.391. The summed E-state index contributed by atoms with van der Waals surface area (Å²) in [5.74, 6) is -1.61. The molecular formula is C23H29ClFN3O4S. The lowest BCUT2D eigenvalue weighted by atomic mass is 10.1. The Balaban J connectivity index is 2.31. The summed E-state index contributed by atoms with van der Waals surface area (Å²) in [6, 6.07) is 10.5. The van der Waals surface area contributed by atoms with Crippen LogP contribution in [0.5, 0.6) is 0 Å². The minimum absolute atomic E-state index is 0.0265. The number of nitrogens with zero attached hydrogens (tertiary/aromatic N) is 2. The third-order valence-electron chi connectivity index (χ3n) is 4.84. The maximum atomic E-state index is 14.3. The van der Waals surface area contributed by atoms with Gasteiger partial charge < -0.3 is 10.2 Å². The topological polar surface area (TPSA) is 86.8 Å². The molecule has 0 saturated carbocycles. The molecule has 0 fully saturated rings. The number of rotatable bonds is 8. The molecule has 0 aliphatic carbocycles. The van der Waals surface area contributed by atoms with Gasteiger partial charge in [0.25, 0.3) is 0 Å². The summed E-state index contributed by atoms with van der Waals surface area (Å²) in [6.07, 6.45) is 0. The van der Waals surface area contributed by atoms with Gasteiger partial charge in [-0.05, 0) is 58.0 Å². The third-order valence-corrected chi connectivity index (χ3v) is 6.91. The standard InChI is InChI=1S/C23H29ClFN3O4S/c1-16(22(30)26-23(2,3)4)28(14-17-8-6-7-9-20(17)25)21(29)15-27(5)33(31,32)19-12-10-18(24)11-13-19/h6-13,16H,14-15H2,1-5H3,(H,26,30). The quantitative estimate of drug-likeness (QED) is 0.605. The summed E-state index contributed by atoms with van der Waals surface area (Å²) in [5.41, 5.74) is -0.336. The lowest BCUT2D eigenvalue weighted by Gasteiger charge is -2.32. The Morgan fingerprint density at radius 2 is 1.67 bits per heavy atom. The number of amides is 2. The van der Waals surface area contributed by atoms with Crippen LogP contribution >= 0.6 is 11.6 Å². The maximum absolute atomic E-state index is 14.3. The van der Waals surface area contributed by atoms with Crippen molar-refractivity contribution in [3.63, 3.8) is 0 Å². The summed E-state index contributed by atoms with van der Waals surface area (Å²) in [6.45, 7) is 6.19. The van der Waals surface area contributed by atoms with Gasteiger partial charge in [-0.2, -0.15) is 4.31 Å². The van der Waals surface area contributed by atoms with Gasteiger partial charge in [-0.15, -0.1) is 0 Å². The highest BCUT2D eigenvalue weighted by Gasteiger charge is 2.31. The van der Waals surface area contributed by atoms with Crippen LogP contribution in [0.3, 0.4) is 0 Å². The molecule has 180 valence electrons. The van der Waals surface area contributed by atoms with Crippen molar-refractivity contribution < 1.29 is 22.4 Å². The van der Waals surface area contributed by atoms with Crippen molar-refractivity contribution in [3.8, 4) is 0 Å². The Morgan fingerprint density at radius 3 is 2.21 bits per heavy atom. The van der Waals surface area contributed by atoms with Crippen molar-refractivity contribution >= 4 is 33.4 Å². The van der Waals surface area contributed by atoms with Crippen molar-refractivity contribution in [3.05, 3.63) is 64.9 Å². The zero-order valence-corrected chi connectivity index (χ0v) is 20.9. The van der Waals surface area contributed by atoms with Crippen LogP contribution in [0.4, 0.5) is 4.39 Å². The van der Waals surface area contributed by atoms with Crippen LogP contribution in [-0.4, -0.2) is 54.6 Å². The monoisotopic (exact) mass is 497 g/mol. The Morgan fingerprint density at radius 1 is 1.09 bits per heavy atom. The Bertz CT molecular complexity index is 1100. The molecule has 2 aromatic carbocycles. The number of likely N-dealkylation sites (N-methyl/N-ethyl adjacent to an activating group) is 1. The fourth-order valence-corrected chi connectivity index (χ4v) is 4.27. The molecule has 33 heavy (non-hydrogen) atoms. The average molecular weight is 498 g/mol. The van der Waals surface area contributed by atoms with Crippen LogP contribution in [0.2, 0.25) is 5.02 Å². The summed E-state index contributed by atoms with van der Waals surface area (Å²) >= 11 is 5.83. The van der Waals surface area contributed by atoms with Crippen molar-refractivity contribution in [2.75, 3.05) is 13.6 Å². The Hall–Kier alpha value is -2.49. The number of carbonyl (C=O) groups excluding carboxylic acids is 2. The zero-order chi connectivity index (χ0) is 25.0. The summed E-state index contributed by atoms with van der Waals surface area (Å²) in [4.78, 5) is 27.1. The van der Waals surface area contributed by atoms with Crippen LogP contribution in [0.15, 0.2) is 53.4 Å². The molecule has 0 radical (unpaired) electrons. The lowest BCUT2D eigenvalue weighted by Crippen LogP contribution is -2.54. The van der Waals surface area contributed by atoms with E-state index in [1.807, 2.05) is 0 Å². The fourth-order valence-electron chi connectivity index (χ4n) is 3.02. The highest BCUT2D eigenvalue weighted by atomic mass is 35.5. The second-order valence-corrected chi connectivity index (χ2v) is 11.2. The molecule has 1 unspecified atom stereocenters. The van der Waals surface area contributed by atoms with Crippen LogP contribution < -0.4 is 5.32 Å². The third kappa shape index (κ3) is 7.25. The van der Waals surface area contributed by atoms with Gasteiger partial charge in [0, 0.05) is 29.7 Å². The number of benzene rings is 2. The minimum Gasteiger partial charge on any atom is -0.350 e. The van der Waals surface area contributed by atoms with Crippen molar-refractivity contribution in [1.82, 2.24) is 14.5 Å². The van der Waals surface area contributed by atoms with Gasteiger partial charge in [0.05, 0.1) is 11.4 Å². The Labute approximate surface area is 199 Å². The van der Waals surface area contributed by atoms with E-state index in [4.69, 9.17) is 11.6 Å². The number of sulfonamides is 1. The average Bonchev–Trinajstić information content (AvgIpc) is 2.71. The van der Waals surface area contributed by atoms with E-state index >= 15 is 0 Å². The molecule has 1 N–H and O–H groups in total. The molecule has 0 heterocycles. The molecule has 2 rings (SSSR count). The normalized spacial score (nSPS) is 13.0. The van der Waals surface area contributed by atoms with Crippen LogP contribution in [0.25, 0.3) is 0 Å². The van der Waals surface area contributed by atoms with E-state index in [1.54, 1.807) is 26.8 Å². The molecular weight excluding hydrogens is 469 g/mol. The molecule has 0 saturated heterocycles.